The molecule has 1 aromatic carbocycles. The number of para-hydroxylation sites is 1. The van der Waals surface area contributed by atoms with Gasteiger partial charge in [-0.2, -0.15) is 0 Å². The van der Waals surface area contributed by atoms with Crippen LogP contribution in [-0.2, 0) is 19.3 Å². The summed E-state index contributed by atoms with van der Waals surface area (Å²) in [5.41, 5.74) is 4.39. The van der Waals surface area contributed by atoms with E-state index in [1.54, 1.807) is 0 Å². The molecule has 0 aliphatic heterocycles. The molecule has 2 aromatic rings. The first-order valence-electron chi connectivity index (χ1n) is 7.06. The standard InChI is InChI=1S/C16H20N2O2/c1-4-11-8-7-9-12(5-2)14(11)17-16(19)15-13(6-3)10-20-18-15/h7-10H,4-6H2,1-3H3,(H,17,19). The number of aryl methyl sites for hydroxylation is 3. The summed E-state index contributed by atoms with van der Waals surface area (Å²) >= 11 is 0. The van der Waals surface area contributed by atoms with E-state index in [1.165, 1.54) is 6.26 Å². The summed E-state index contributed by atoms with van der Waals surface area (Å²) < 4.78 is 4.90. The molecule has 0 atom stereocenters. The molecule has 1 N–H and O–H groups in total. The molecule has 0 saturated heterocycles. The zero-order chi connectivity index (χ0) is 14.5. The lowest BCUT2D eigenvalue weighted by Crippen LogP contribution is -2.16. The van der Waals surface area contributed by atoms with Gasteiger partial charge in [-0.3, -0.25) is 4.79 Å². The Morgan fingerprint density at radius 2 is 1.70 bits per heavy atom. The van der Waals surface area contributed by atoms with Gasteiger partial charge in [0.05, 0.1) is 0 Å². The van der Waals surface area contributed by atoms with Crippen LogP contribution in [0.5, 0.6) is 0 Å². The molecule has 1 amide bonds. The van der Waals surface area contributed by atoms with Crippen LogP contribution < -0.4 is 5.32 Å². The van der Waals surface area contributed by atoms with E-state index in [-0.39, 0.29) is 5.91 Å². The number of carbonyl (C=O) groups is 1. The average Bonchev–Trinajstić information content (AvgIpc) is 2.95. The van der Waals surface area contributed by atoms with Gasteiger partial charge in [0.2, 0.25) is 0 Å². The van der Waals surface area contributed by atoms with Gasteiger partial charge in [-0.15, -0.1) is 0 Å². The number of amides is 1. The topological polar surface area (TPSA) is 55.1 Å². The lowest BCUT2D eigenvalue weighted by Gasteiger charge is -2.13. The molecule has 0 aliphatic rings. The number of aromatic nitrogens is 1. The molecule has 4 nitrogen and oxygen atoms in total. The van der Waals surface area contributed by atoms with Gasteiger partial charge in [-0.25, -0.2) is 0 Å². The van der Waals surface area contributed by atoms with Crippen molar-refractivity contribution < 1.29 is 9.32 Å². The Balaban J connectivity index is 2.32. The molecule has 0 aliphatic carbocycles. The van der Waals surface area contributed by atoms with Crippen molar-refractivity contribution in [3.8, 4) is 0 Å². The van der Waals surface area contributed by atoms with E-state index in [0.717, 1.165) is 41.6 Å². The van der Waals surface area contributed by atoms with Crippen molar-refractivity contribution in [2.75, 3.05) is 5.32 Å². The molecule has 0 radical (unpaired) electrons. The highest BCUT2D eigenvalue weighted by Gasteiger charge is 2.17. The Bertz CT molecular complexity index is 580. The van der Waals surface area contributed by atoms with E-state index >= 15 is 0 Å². The van der Waals surface area contributed by atoms with Crippen molar-refractivity contribution in [3.63, 3.8) is 0 Å². The molecule has 0 fully saturated rings. The van der Waals surface area contributed by atoms with E-state index in [9.17, 15) is 4.79 Å². The second-order valence-corrected chi connectivity index (χ2v) is 4.65. The van der Waals surface area contributed by atoms with Crippen LogP contribution in [0.4, 0.5) is 5.69 Å². The minimum Gasteiger partial charge on any atom is -0.364 e. The number of hydrogen-bond donors (Lipinski definition) is 1. The number of hydrogen-bond acceptors (Lipinski definition) is 3. The van der Waals surface area contributed by atoms with Gasteiger partial charge in [0.15, 0.2) is 5.69 Å². The zero-order valence-corrected chi connectivity index (χ0v) is 12.2. The van der Waals surface area contributed by atoms with Crippen molar-refractivity contribution in [2.24, 2.45) is 0 Å². The van der Waals surface area contributed by atoms with E-state index in [4.69, 9.17) is 4.52 Å². The summed E-state index contributed by atoms with van der Waals surface area (Å²) in [5, 5.41) is 6.80. The lowest BCUT2D eigenvalue weighted by atomic mass is 10.0. The fraction of sp³-hybridized carbons (Fsp3) is 0.375. The monoisotopic (exact) mass is 272 g/mol. The van der Waals surface area contributed by atoms with E-state index in [0.29, 0.717) is 5.69 Å². The summed E-state index contributed by atoms with van der Waals surface area (Å²) in [6.45, 7) is 6.14. The fourth-order valence-electron chi connectivity index (χ4n) is 2.27. The highest BCUT2D eigenvalue weighted by atomic mass is 16.5. The summed E-state index contributed by atoms with van der Waals surface area (Å²) in [6, 6.07) is 6.11. The van der Waals surface area contributed by atoms with Crippen molar-refractivity contribution >= 4 is 11.6 Å². The SMILES string of the molecule is CCc1conc1C(=O)Nc1c(CC)cccc1CC. The molecule has 0 unspecified atom stereocenters. The third-order valence-electron chi connectivity index (χ3n) is 3.48. The van der Waals surface area contributed by atoms with Gasteiger partial charge in [0.1, 0.15) is 6.26 Å². The minimum atomic E-state index is -0.203. The maximum atomic E-state index is 12.4. The first-order chi connectivity index (χ1) is 9.71. The highest BCUT2D eigenvalue weighted by molar-refractivity contribution is 6.04. The lowest BCUT2D eigenvalue weighted by molar-refractivity contribution is 0.101. The zero-order valence-electron chi connectivity index (χ0n) is 12.2. The molecular formula is C16H20N2O2. The molecule has 0 bridgehead atoms. The van der Waals surface area contributed by atoms with Gasteiger partial charge in [0, 0.05) is 11.3 Å². The van der Waals surface area contributed by atoms with Crippen LogP contribution >= 0.6 is 0 Å². The summed E-state index contributed by atoms with van der Waals surface area (Å²) in [5.74, 6) is -0.203. The Morgan fingerprint density at radius 3 is 2.25 bits per heavy atom. The molecule has 2 rings (SSSR count). The molecule has 1 aromatic heterocycles. The number of carbonyl (C=O) groups excluding carboxylic acids is 1. The number of nitrogens with zero attached hydrogens (tertiary/aromatic N) is 1. The van der Waals surface area contributed by atoms with Crippen LogP contribution in [0.3, 0.4) is 0 Å². The highest BCUT2D eigenvalue weighted by Crippen LogP contribution is 2.23. The van der Waals surface area contributed by atoms with Gasteiger partial charge in [-0.1, -0.05) is 44.1 Å². The predicted octanol–water partition coefficient (Wildman–Crippen LogP) is 3.61. The number of benzene rings is 1. The van der Waals surface area contributed by atoms with Crippen molar-refractivity contribution in [1.29, 1.82) is 0 Å². The number of nitrogens with one attached hydrogen (secondary N) is 1. The quantitative estimate of drug-likeness (QED) is 0.904. The summed E-state index contributed by atoms with van der Waals surface area (Å²) in [7, 11) is 0. The molecule has 4 heteroatoms. The van der Waals surface area contributed by atoms with Gasteiger partial charge in [0.25, 0.3) is 5.91 Å². The van der Waals surface area contributed by atoms with Crippen LogP contribution in [0, 0.1) is 0 Å². The first kappa shape index (κ1) is 14.3. The molecule has 0 spiro atoms. The van der Waals surface area contributed by atoms with Gasteiger partial charge < -0.3 is 9.84 Å². The number of rotatable bonds is 5. The van der Waals surface area contributed by atoms with E-state index in [2.05, 4.69) is 24.3 Å². The smallest absolute Gasteiger partial charge is 0.278 e. The van der Waals surface area contributed by atoms with Gasteiger partial charge >= 0.3 is 0 Å². The number of anilines is 1. The fourth-order valence-corrected chi connectivity index (χ4v) is 2.27. The Kier molecular flexibility index (Phi) is 4.56. The van der Waals surface area contributed by atoms with Crippen LogP contribution in [0.1, 0.15) is 48.0 Å². The first-order valence-corrected chi connectivity index (χ1v) is 7.06. The Labute approximate surface area is 119 Å². The normalized spacial score (nSPS) is 10.6. The second kappa shape index (κ2) is 6.37. The van der Waals surface area contributed by atoms with Crippen LogP contribution in [-0.4, -0.2) is 11.1 Å². The molecule has 1 heterocycles. The van der Waals surface area contributed by atoms with E-state index in [1.807, 2.05) is 25.1 Å². The third kappa shape index (κ3) is 2.74. The average molecular weight is 272 g/mol. The maximum absolute atomic E-state index is 12.4. The van der Waals surface area contributed by atoms with Crippen molar-refractivity contribution in [3.05, 3.63) is 46.8 Å². The predicted molar refractivity (Wildman–Crippen MR) is 79.0 cm³/mol. The molecule has 106 valence electrons. The maximum Gasteiger partial charge on any atom is 0.278 e. The summed E-state index contributed by atoms with van der Waals surface area (Å²) in [4.78, 5) is 12.4. The second-order valence-electron chi connectivity index (χ2n) is 4.65. The van der Waals surface area contributed by atoms with Crippen molar-refractivity contribution in [1.82, 2.24) is 5.16 Å². The van der Waals surface area contributed by atoms with Crippen LogP contribution in [0.25, 0.3) is 0 Å². The van der Waals surface area contributed by atoms with Crippen LogP contribution in [0.2, 0.25) is 0 Å². The largest absolute Gasteiger partial charge is 0.364 e. The van der Waals surface area contributed by atoms with Crippen molar-refractivity contribution in [2.45, 2.75) is 40.0 Å². The van der Waals surface area contributed by atoms with Gasteiger partial charge in [-0.05, 0) is 30.4 Å². The Morgan fingerprint density at radius 1 is 1.10 bits per heavy atom. The molecule has 20 heavy (non-hydrogen) atoms. The minimum absolute atomic E-state index is 0.203. The molecular weight excluding hydrogens is 252 g/mol. The van der Waals surface area contributed by atoms with Crippen LogP contribution in [0.15, 0.2) is 29.0 Å². The van der Waals surface area contributed by atoms with E-state index < -0.39 is 0 Å². The Hall–Kier alpha value is -2.10. The molecule has 0 saturated carbocycles. The third-order valence-corrected chi connectivity index (χ3v) is 3.48. The summed E-state index contributed by atoms with van der Waals surface area (Å²) in [6.07, 6.45) is 4.01.